The van der Waals surface area contributed by atoms with E-state index in [0.717, 1.165) is 34.5 Å². The summed E-state index contributed by atoms with van der Waals surface area (Å²) < 4.78 is 3.03. The zero-order valence-corrected chi connectivity index (χ0v) is 14.9. The molecule has 1 unspecified atom stereocenters. The van der Waals surface area contributed by atoms with Gasteiger partial charge in [-0.3, -0.25) is 9.20 Å². The van der Waals surface area contributed by atoms with Crippen molar-refractivity contribution in [2.45, 2.75) is 25.3 Å². The standard InChI is InChI=1S/C17H16BrN3OS/c18-13-4-1-3-12(9-13)15-5-2-6-21(15)16(22)10-14-11-20-7-8-23-17(20)19-14/h1,3-4,7-9,11,15H,2,5-6,10H2. The second-order valence-electron chi connectivity index (χ2n) is 5.80. The van der Waals surface area contributed by atoms with E-state index >= 15 is 0 Å². The normalized spacial score (nSPS) is 18.0. The van der Waals surface area contributed by atoms with E-state index in [1.165, 1.54) is 5.56 Å². The lowest BCUT2D eigenvalue weighted by molar-refractivity contribution is -0.131. The maximum absolute atomic E-state index is 12.8. The lowest BCUT2D eigenvalue weighted by atomic mass is 10.0. The van der Waals surface area contributed by atoms with Crippen LogP contribution in [0.5, 0.6) is 0 Å². The molecule has 1 aliphatic rings. The number of carbonyl (C=O) groups excluding carboxylic acids is 1. The van der Waals surface area contributed by atoms with Crippen molar-refractivity contribution < 1.29 is 4.79 Å². The van der Waals surface area contributed by atoms with Crippen LogP contribution in [-0.2, 0) is 11.2 Å². The van der Waals surface area contributed by atoms with Gasteiger partial charge in [0.05, 0.1) is 18.2 Å². The van der Waals surface area contributed by atoms with Crippen LogP contribution < -0.4 is 0 Å². The van der Waals surface area contributed by atoms with E-state index in [0.29, 0.717) is 6.42 Å². The predicted molar refractivity (Wildman–Crippen MR) is 94.6 cm³/mol. The SMILES string of the molecule is O=C(Cc1cn2ccsc2n1)N1CCCC1c1cccc(Br)c1. The van der Waals surface area contributed by atoms with Gasteiger partial charge in [-0.1, -0.05) is 28.1 Å². The van der Waals surface area contributed by atoms with E-state index in [1.54, 1.807) is 11.3 Å². The molecule has 0 aliphatic carbocycles. The predicted octanol–water partition coefficient (Wildman–Crippen LogP) is 4.06. The van der Waals surface area contributed by atoms with E-state index in [1.807, 2.05) is 39.2 Å². The molecule has 0 spiro atoms. The number of halogens is 1. The molecular weight excluding hydrogens is 374 g/mol. The number of hydrogen-bond donors (Lipinski definition) is 0. The molecule has 0 radical (unpaired) electrons. The van der Waals surface area contributed by atoms with Gasteiger partial charge in [-0.15, -0.1) is 11.3 Å². The maximum Gasteiger partial charge on any atom is 0.229 e. The van der Waals surface area contributed by atoms with Gasteiger partial charge in [-0.2, -0.15) is 0 Å². The molecule has 6 heteroatoms. The number of benzene rings is 1. The fourth-order valence-corrected chi connectivity index (χ4v) is 4.38. The molecule has 23 heavy (non-hydrogen) atoms. The molecule has 0 N–H and O–H groups in total. The highest BCUT2D eigenvalue weighted by molar-refractivity contribution is 9.10. The Labute approximate surface area is 146 Å². The summed E-state index contributed by atoms with van der Waals surface area (Å²) in [7, 11) is 0. The van der Waals surface area contributed by atoms with Gasteiger partial charge in [0.15, 0.2) is 4.96 Å². The highest BCUT2D eigenvalue weighted by Crippen LogP contribution is 2.33. The molecule has 3 heterocycles. The van der Waals surface area contributed by atoms with Gasteiger partial charge in [0, 0.05) is 28.8 Å². The first-order valence-electron chi connectivity index (χ1n) is 7.67. The number of thiazole rings is 1. The number of carbonyl (C=O) groups is 1. The van der Waals surface area contributed by atoms with Crippen LogP contribution >= 0.6 is 27.3 Å². The lowest BCUT2D eigenvalue weighted by Crippen LogP contribution is -2.31. The highest BCUT2D eigenvalue weighted by Gasteiger charge is 2.30. The fraction of sp³-hybridized carbons (Fsp3) is 0.294. The number of fused-ring (bicyclic) bond motifs is 1. The summed E-state index contributed by atoms with van der Waals surface area (Å²) in [5.74, 6) is 0.165. The van der Waals surface area contributed by atoms with E-state index in [9.17, 15) is 4.79 Å². The first kappa shape index (κ1) is 14.9. The minimum absolute atomic E-state index is 0.165. The number of imidazole rings is 1. The molecule has 1 fully saturated rings. The average Bonchev–Trinajstić information content (AvgIpc) is 3.22. The number of hydrogen-bond acceptors (Lipinski definition) is 3. The second-order valence-corrected chi connectivity index (χ2v) is 7.59. The van der Waals surface area contributed by atoms with Crippen molar-refractivity contribution in [3.8, 4) is 0 Å². The van der Waals surface area contributed by atoms with Gasteiger partial charge in [-0.25, -0.2) is 4.98 Å². The van der Waals surface area contributed by atoms with Crippen molar-refractivity contribution in [3.05, 3.63) is 57.8 Å². The Morgan fingerprint density at radius 3 is 3.17 bits per heavy atom. The molecule has 4 rings (SSSR count). The topological polar surface area (TPSA) is 37.6 Å². The van der Waals surface area contributed by atoms with Gasteiger partial charge < -0.3 is 4.90 Å². The Morgan fingerprint density at radius 1 is 1.43 bits per heavy atom. The molecule has 1 atom stereocenters. The molecule has 1 aliphatic heterocycles. The Balaban J connectivity index is 1.53. The van der Waals surface area contributed by atoms with Crippen LogP contribution in [0.3, 0.4) is 0 Å². The first-order chi connectivity index (χ1) is 11.2. The molecule has 2 aromatic heterocycles. The zero-order valence-electron chi connectivity index (χ0n) is 12.5. The zero-order chi connectivity index (χ0) is 15.8. The summed E-state index contributed by atoms with van der Waals surface area (Å²) >= 11 is 5.11. The van der Waals surface area contributed by atoms with Crippen molar-refractivity contribution in [1.82, 2.24) is 14.3 Å². The smallest absolute Gasteiger partial charge is 0.229 e. The molecule has 3 aromatic rings. The highest BCUT2D eigenvalue weighted by atomic mass is 79.9. The Morgan fingerprint density at radius 2 is 2.35 bits per heavy atom. The van der Waals surface area contributed by atoms with E-state index in [4.69, 9.17) is 0 Å². The minimum atomic E-state index is 0.165. The summed E-state index contributed by atoms with van der Waals surface area (Å²) in [6.45, 7) is 0.832. The van der Waals surface area contributed by atoms with Crippen LogP contribution in [0.15, 0.2) is 46.5 Å². The number of nitrogens with zero attached hydrogens (tertiary/aromatic N) is 3. The minimum Gasteiger partial charge on any atom is -0.335 e. The number of aromatic nitrogens is 2. The number of likely N-dealkylation sites (tertiary alicyclic amines) is 1. The van der Waals surface area contributed by atoms with Gasteiger partial charge in [-0.05, 0) is 30.5 Å². The Hall–Kier alpha value is -1.66. The molecular formula is C17H16BrN3OS. The van der Waals surface area contributed by atoms with Crippen LogP contribution in [0, 0.1) is 0 Å². The van der Waals surface area contributed by atoms with Gasteiger partial charge in [0.2, 0.25) is 5.91 Å². The molecule has 1 amide bonds. The van der Waals surface area contributed by atoms with Crippen molar-refractivity contribution in [3.63, 3.8) is 0 Å². The Bertz CT molecular complexity index is 828. The third-order valence-electron chi connectivity index (χ3n) is 4.28. The quantitative estimate of drug-likeness (QED) is 0.676. The number of rotatable bonds is 3. The summed E-state index contributed by atoms with van der Waals surface area (Å²) in [5, 5.41) is 2.00. The summed E-state index contributed by atoms with van der Waals surface area (Å²) in [5.41, 5.74) is 2.05. The molecule has 0 bridgehead atoms. The van der Waals surface area contributed by atoms with Crippen LogP contribution in [0.1, 0.15) is 30.1 Å². The molecule has 118 valence electrons. The van der Waals surface area contributed by atoms with Gasteiger partial charge in [0.1, 0.15) is 0 Å². The van der Waals surface area contributed by atoms with Crippen LogP contribution in [0.2, 0.25) is 0 Å². The van der Waals surface area contributed by atoms with E-state index < -0.39 is 0 Å². The lowest BCUT2D eigenvalue weighted by Gasteiger charge is -2.25. The van der Waals surface area contributed by atoms with Crippen LogP contribution in [0.25, 0.3) is 4.96 Å². The molecule has 4 nitrogen and oxygen atoms in total. The Kier molecular flexibility index (Phi) is 3.95. The summed E-state index contributed by atoms with van der Waals surface area (Å²) in [6, 6.07) is 8.45. The van der Waals surface area contributed by atoms with Crippen LogP contribution in [0.4, 0.5) is 0 Å². The van der Waals surface area contributed by atoms with Gasteiger partial charge in [0.25, 0.3) is 0 Å². The first-order valence-corrected chi connectivity index (χ1v) is 9.34. The largest absolute Gasteiger partial charge is 0.335 e. The fourth-order valence-electron chi connectivity index (χ4n) is 3.24. The van der Waals surface area contributed by atoms with Crippen molar-refractivity contribution in [2.24, 2.45) is 0 Å². The van der Waals surface area contributed by atoms with E-state index in [2.05, 4.69) is 33.0 Å². The maximum atomic E-state index is 12.8. The van der Waals surface area contributed by atoms with Crippen molar-refractivity contribution in [2.75, 3.05) is 6.54 Å². The number of amides is 1. The monoisotopic (exact) mass is 389 g/mol. The summed E-state index contributed by atoms with van der Waals surface area (Å²) in [4.78, 5) is 20.2. The average molecular weight is 390 g/mol. The third kappa shape index (κ3) is 2.93. The molecule has 1 saturated heterocycles. The van der Waals surface area contributed by atoms with Crippen molar-refractivity contribution in [1.29, 1.82) is 0 Å². The third-order valence-corrected chi connectivity index (χ3v) is 5.55. The summed E-state index contributed by atoms with van der Waals surface area (Å²) in [6.07, 6.45) is 6.38. The van der Waals surface area contributed by atoms with E-state index in [-0.39, 0.29) is 11.9 Å². The van der Waals surface area contributed by atoms with Crippen LogP contribution in [-0.4, -0.2) is 26.7 Å². The molecule has 1 aromatic carbocycles. The van der Waals surface area contributed by atoms with Crippen molar-refractivity contribution >= 4 is 38.1 Å². The van der Waals surface area contributed by atoms with Gasteiger partial charge >= 0.3 is 0 Å². The molecule has 0 saturated carbocycles. The second kappa shape index (κ2) is 6.09.